The predicted molar refractivity (Wildman–Crippen MR) is 54.1 cm³/mol. The van der Waals surface area contributed by atoms with E-state index < -0.39 is 0 Å². The average Bonchev–Trinajstić information content (AvgIpc) is 2.58. The van der Waals surface area contributed by atoms with Crippen LogP contribution in [0.3, 0.4) is 0 Å². The molecule has 0 saturated carbocycles. The average molecular weight is 212 g/mol. The Morgan fingerprint density at radius 1 is 1.47 bits per heavy atom. The Balaban J connectivity index is 2.18. The van der Waals surface area contributed by atoms with E-state index in [1.165, 1.54) is 0 Å². The summed E-state index contributed by atoms with van der Waals surface area (Å²) in [5.41, 5.74) is 1.56. The summed E-state index contributed by atoms with van der Waals surface area (Å²) in [6.07, 6.45) is 0.483. The molecule has 0 radical (unpaired) electrons. The number of rotatable bonds is 5. The number of carbonyl (C=O) groups excluding carboxylic acids is 1. The maximum Gasteiger partial charge on any atom is 0.223 e. The first kappa shape index (κ1) is 11.6. The van der Waals surface area contributed by atoms with E-state index >= 15 is 0 Å². The zero-order valence-corrected chi connectivity index (χ0v) is 9.28. The van der Waals surface area contributed by atoms with Gasteiger partial charge in [0.05, 0.1) is 0 Å². The number of nitrogens with zero attached hydrogens (tertiary/aromatic N) is 3. The van der Waals surface area contributed by atoms with E-state index in [4.69, 9.17) is 0 Å². The fourth-order valence-electron chi connectivity index (χ4n) is 1.04. The van der Waals surface area contributed by atoms with Crippen molar-refractivity contribution in [2.45, 2.75) is 19.9 Å². The van der Waals surface area contributed by atoms with Crippen LogP contribution < -0.4 is 5.32 Å². The van der Waals surface area contributed by atoms with Crippen LogP contribution in [0.15, 0.2) is 4.63 Å². The molecule has 0 saturated heterocycles. The molecule has 1 aromatic rings. The van der Waals surface area contributed by atoms with E-state index in [9.17, 15) is 4.79 Å². The molecule has 0 fully saturated rings. The molecule has 0 bridgehead atoms. The van der Waals surface area contributed by atoms with Crippen molar-refractivity contribution in [1.82, 2.24) is 20.5 Å². The molecule has 0 spiro atoms. The van der Waals surface area contributed by atoms with Gasteiger partial charge in [0.2, 0.25) is 5.91 Å². The highest BCUT2D eigenvalue weighted by molar-refractivity contribution is 5.75. The van der Waals surface area contributed by atoms with Crippen LogP contribution in [-0.2, 0) is 11.3 Å². The van der Waals surface area contributed by atoms with Gasteiger partial charge in [-0.3, -0.25) is 4.79 Å². The first-order valence-corrected chi connectivity index (χ1v) is 4.80. The molecule has 84 valence electrons. The minimum Gasteiger partial charge on any atom is -0.349 e. The van der Waals surface area contributed by atoms with Crippen molar-refractivity contribution in [3.05, 3.63) is 11.4 Å². The fraction of sp³-hybridized carbons (Fsp3) is 0.667. The van der Waals surface area contributed by atoms with E-state index in [1.54, 1.807) is 19.0 Å². The van der Waals surface area contributed by atoms with Gasteiger partial charge < -0.3 is 10.2 Å². The maximum atomic E-state index is 11.2. The smallest absolute Gasteiger partial charge is 0.223 e. The SMILES string of the molecule is Cc1nonc1CNCCC(=O)N(C)C. The van der Waals surface area contributed by atoms with Gasteiger partial charge in [-0.15, -0.1) is 0 Å². The van der Waals surface area contributed by atoms with Gasteiger partial charge in [-0.25, -0.2) is 4.63 Å². The molecule has 0 aliphatic rings. The Kier molecular flexibility index (Phi) is 4.23. The van der Waals surface area contributed by atoms with E-state index in [0.717, 1.165) is 11.4 Å². The van der Waals surface area contributed by atoms with E-state index in [1.807, 2.05) is 6.92 Å². The first-order chi connectivity index (χ1) is 7.11. The third-order valence-corrected chi connectivity index (χ3v) is 2.05. The molecule has 1 heterocycles. The number of hydrogen-bond acceptors (Lipinski definition) is 5. The highest BCUT2D eigenvalue weighted by Gasteiger charge is 2.05. The summed E-state index contributed by atoms with van der Waals surface area (Å²) in [4.78, 5) is 12.8. The van der Waals surface area contributed by atoms with Crippen LogP contribution in [0.2, 0.25) is 0 Å². The van der Waals surface area contributed by atoms with Crippen LogP contribution in [0, 0.1) is 6.92 Å². The zero-order chi connectivity index (χ0) is 11.3. The van der Waals surface area contributed by atoms with Crippen molar-refractivity contribution >= 4 is 5.91 Å². The van der Waals surface area contributed by atoms with Gasteiger partial charge in [0.25, 0.3) is 0 Å². The third-order valence-electron chi connectivity index (χ3n) is 2.05. The lowest BCUT2D eigenvalue weighted by molar-refractivity contribution is -0.128. The minimum atomic E-state index is 0.109. The van der Waals surface area contributed by atoms with E-state index in [-0.39, 0.29) is 5.91 Å². The van der Waals surface area contributed by atoms with E-state index in [0.29, 0.717) is 19.5 Å². The molecule has 1 N–H and O–H groups in total. The topological polar surface area (TPSA) is 71.3 Å². The monoisotopic (exact) mass is 212 g/mol. The van der Waals surface area contributed by atoms with Crippen LogP contribution in [0.1, 0.15) is 17.8 Å². The molecule has 1 amide bonds. The molecule has 6 heteroatoms. The lowest BCUT2D eigenvalue weighted by Crippen LogP contribution is -2.26. The van der Waals surface area contributed by atoms with Crippen LogP contribution in [-0.4, -0.2) is 41.8 Å². The second kappa shape index (κ2) is 5.45. The maximum absolute atomic E-state index is 11.2. The molecular formula is C9H16N4O2. The standard InChI is InChI=1S/C9H16N4O2/c1-7-8(12-15-11-7)6-10-5-4-9(14)13(2)3/h10H,4-6H2,1-3H3. The summed E-state index contributed by atoms with van der Waals surface area (Å²) in [5, 5.41) is 10.5. The number of aryl methyl sites for hydroxylation is 1. The summed E-state index contributed by atoms with van der Waals surface area (Å²) in [6.45, 7) is 3.04. The Bertz CT molecular complexity index is 322. The molecule has 6 nitrogen and oxygen atoms in total. The summed E-state index contributed by atoms with van der Waals surface area (Å²) >= 11 is 0. The highest BCUT2D eigenvalue weighted by Crippen LogP contribution is 1.98. The van der Waals surface area contributed by atoms with Gasteiger partial charge in [0.15, 0.2) is 0 Å². The second-order valence-electron chi connectivity index (χ2n) is 3.51. The Morgan fingerprint density at radius 3 is 2.73 bits per heavy atom. The fourth-order valence-corrected chi connectivity index (χ4v) is 1.04. The number of amides is 1. The largest absolute Gasteiger partial charge is 0.349 e. The van der Waals surface area contributed by atoms with Crippen molar-refractivity contribution in [3.8, 4) is 0 Å². The first-order valence-electron chi connectivity index (χ1n) is 4.80. The molecule has 0 aliphatic carbocycles. The summed E-state index contributed by atoms with van der Waals surface area (Å²) in [7, 11) is 3.49. The summed E-state index contributed by atoms with van der Waals surface area (Å²) in [5.74, 6) is 0.109. The molecule has 0 atom stereocenters. The van der Waals surface area contributed by atoms with Crippen LogP contribution in [0.25, 0.3) is 0 Å². The van der Waals surface area contributed by atoms with Gasteiger partial charge in [0, 0.05) is 33.6 Å². The van der Waals surface area contributed by atoms with Gasteiger partial charge in [-0.1, -0.05) is 10.3 Å². The predicted octanol–water partition coefficient (Wildman–Crippen LogP) is -0.0541. The normalized spacial score (nSPS) is 10.3. The lowest BCUT2D eigenvalue weighted by Gasteiger charge is -2.09. The van der Waals surface area contributed by atoms with Gasteiger partial charge in [-0.2, -0.15) is 0 Å². The molecule has 0 unspecified atom stereocenters. The summed E-state index contributed by atoms with van der Waals surface area (Å²) in [6, 6.07) is 0. The van der Waals surface area contributed by atoms with Crippen molar-refractivity contribution in [3.63, 3.8) is 0 Å². The van der Waals surface area contributed by atoms with Crippen LogP contribution in [0.5, 0.6) is 0 Å². The molecule has 0 aliphatic heterocycles. The third kappa shape index (κ3) is 3.67. The Hall–Kier alpha value is -1.43. The number of hydrogen-bond donors (Lipinski definition) is 1. The van der Waals surface area contributed by atoms with Crippen LogP contribution in [0.4, 0.5) is 0 Å². The molecule has 1 rings (SSSR count). The molecule has 15 heavy (non-hydrogen) atoms. The van der Waals surface area contributed by atoms with Gasteiger partial charge >= 0.3 is 0 Å². The van der Waals surface area contributed by atoms with Crippen molar-refractivity contribution < 1.29 is 9.42 Å². The van der Waals surface area contributed by atoms with Crippen molar-refractivity contribution in [1.29, 1.82) is 0 Å². The van der Waals surface area contributed by atoms with E-state index in [2.05, 4.69) is 20.3 Å². The second-order valence-corrected chi connectivity index (χ2v) is 3.51. The zero-order valence-electron chi connectivity index (χ0n) is 9.28. The van der Waals surface area contributed by atoms with Crippen molar-refractivity contribution in [2.75, 3.05) is 20.6 Å². The summed E-state index contributed by atoms with van der Waals surface area (Å²) < 4.78 is 4.55. The number of carbonyl (C=O) groups is 1. The number of nitrogens with one attached hydrogen (secondary N) is 1. The minimum absolute atomic E-state index is 0.109. The number of aromatic nitrogens is 2. The lowest BCUT2D eigenvalue weighted by atomic mass is 10.3. The van der Waals surface area contributed by atoms with Crippen LogP contribution >= 0.6 is 0 Å². The highest BCUT2D eigenvalue weighted by atomic mass is 16.6. The molecule has 0 aromatic carbocycles. The Labute approximate surface area is 88.6 Å². The van der Waals surface area contributed by atoms with Gasteiger partial charge in [0.1, 0.15) is 11.4 Å². The Morgan fingerprint density at radius 2 is 2.20 bits per heavy atom. The molecular weight excluding hydrogens is 196 g/mol. The van der Waals surface area contributed by atoms with Crippen molar-refractivity contribution in [2.24, 2.45) is 0 Å². The molecule has 1 aromatic heterocycles. The quantitative estimate of drug-likeness (QED) is 0.693. The van der Waals surface area contributed by atoms with Gasteiger partial charge in [-0.05, 0) is 6.92 Å².